The maximum Gasteiger partial charge on any atom is 0.0100 e. The zero-order chi connectivity index (χ0) is 12.8. The maximum atomic E-state index is 3.84. The fourth-order valence-corrected chi connectivity index (χ4v) is 4.75. The average molecular weight is 316 g/mol. The summed E-state index contributed by atoms with van der Waals surface area (Å²) in [6.07, 6.45) is 14.5. The number of rotatable bonds is 5. The first-order valence-electron chi connectivity index (χ1n) is 8.10. The molecule has 2 aliphatic carbocycles. The molecule has 0 saturated heterocycles. The largest absolute Gasteiger partial charge is 0.300 e. The fourth-order valence-electron chi connectivity index (χ4n) is 4.01. The molecule has 0 bridgehead atoms. The predicted molar refractivity (Wildman–Crippen MR) is 83.4 cm³/mol. The van der Waals surface area contributed by atoms with Gasteiger partial charge >= 0.3 is 0 Å². The lowest BCUT2D eigenvalue weighted by Crippen LogP contribution is -2.43. The van der Waals surface area contributed by atoms with Crippen molar-refractivity contribution >= 4 is 15.9 Å². The van der Waals surface area contributed by atoms with Crippen molar-refractivity contribution in [1.29, 1.82) is 0 Å². The van der Waals surface area contributed by atoms with Gasteiger partial charge in [0.05, 0.1) is 0 Å². The Bertz CT molecular complexity index is 227. The Morgan fingerprint density at radius 3 is 2.11 bits per heavy atom. The van der Waals surface area contributed by atoms with Crippen LogP contribution in [0.4, 0.5) is 0 Å². The summed E-state index contributed by atoms with van der Waals surface area (Å²) >= 11 is 3.84. The minimum atomic E-state index is 0.578. The monoisotopic (exact) mass is 315 g/mol. The van der Waals surface area contributed by atoms with E-state index in [4.69, 9.17) is 0 Å². The Kier molecular flexibility index (Phi) is 6.00. The molecule has 2 heteroatoms. The molecule has 0 aliphatic heterocycles. The van der Waals surface area contributed by atoms with E-state index in [9.17, 15) is 0 Å². The van der Waals surface area contributed by atoms with Crippen LogP contribution in [0.25, 0.3) is 0 Å². The van der Waals surface area contributed by atoms with Crippen molar-refractivity contribution in [3.05, 3.63) is 0 Å². The van der Waals surface area contributed by atoms with Gasteiger partial charge in [-0.05, 0) is 37.6 Å². The van der Waals surface area contributed by atoms with E-state index >= 15 is 0 Å². The predicted octanol–water partition coefficient (Wildman–Crippen LogP) is 4.99. The first-order valence-corrected chi connectivity index (χ1v) is 9.22. The van der Waals surface area contributed by atoms with E-state index in [2.05, 4.69) is 27.8 Å². The van der Waals surface area contributed by atoms with E-state index in [1.807, 2.05) is 0 Å². The Morgan fingerprint density at radius 2 is 1.61 bits per heavy atom. The molecule has 106 valence electrons. The highest BCUT2D eigenvalue weighted by atomic mass is 79.9. The van der Waals surface area contributed by atoms with Gasteiger partial charge in [-0.2, -0.15) is 0 Å². The van der Waals surface area contributed by atoms with Crippen LogP contribution in [0.1, 0.15) is 71.1 Å². The summed E-state index contributed by atoms with van der Waals surface area (Å²) in [7, 11) is 0. The van der Waals surface area contributed by atoms with Crippen molar-refractivity contribution < 1.29 is 0 Å². The second-order valence-corrected chi connectivity index (χ2v) is 7.11. The van der Waals surface area contributed by atoms with E-state index in [0.717, 1.165) is 6.04 Å². The van der Waals surface area contributed by atoms with Crippen LogP contribution in [-0.4, -0.2) is 29.4 Å². The Balaban J connectivity index is 1.97. The van der Waals surface area contributed by atoms with Crippen LogP contribution in [0, 0.1) is 5.41 Å². The van der Waals surface area contributed by atoms with Crippen LogP contribution >= 0.6 is 15.9 Å². The van der Waals surface area contributed by atoms with E-state index < -0.39 is 0 Å². The third-order valence-corrected chi connectivity index (χ3v) is 6.42. The number of hydrogen-bond donors (Lipinski definition) is 0. The summed E-state index contributed by atoms with van der Waals surface area (Å²) in [5.41, 5.74) is 0.578. The van der Waals surface area contributed by atoms with Gasteiger partial charge in [0.1, 0.15) is 0 Å². The molecule has 0 aromatic rings. The summed E-state index contributed by atoms with van der Waals surface area (Å²) in [6, 6.07) is 0.897. The van der Waals surface area contributed by atoms with Crippen molar-refractivity contribution in [3.8, 4) is 0 Å². The normalized spacial score (nSPS) is 25.5. The molecule has 0 N–H and O–H groups in total. The van der Waals surface area contributed by atoms with Gasteiger partial charge in [0.2, 0.25) is 0 Å². The second kappa shape index (κ2) is 7.28. The van der Waals surface area contributed by atoms with E-state index in [1.54, 1.807) is 0 Å². The van der Waals surface area contributed by atoms with Crippen LogP contribution < -0.4 is 0 Å². The lowest BCUT2D eigenvalue weighted by atomic mass is 9.81. The van der Waals surface area contributed by atoms with E-state index in [1.165, 1.54) is 82.6 Å². The van der Waals surface area contributed by atoms with Gasteiger partial charge in [-0.3, -0.25) is 0 Å². The highest BCUT2D eigenvalue weighted by molar-refractivity contribution is 9.09. The molecule has 2 fully saturated rings. The second-order valence-electron chi connectivity index (χ2n) is 6.55. The average Bonchev–Trinajstić information content (AvgIpc) is 2.83. The minimum absolute atomic E-state index is 0.578. The molecule has 1 nitrogen and oxygen atoms in total. The molecule has 2 saturated carbocycles. The molecule has 2 rings (SSSR count). The van der Waals surface area contributed by atoms with Gasteiger partial charge in [-0.15, -0.1) is 0 Å². The van der Waals surface area contributed by atoms with Gasteiger partial charge < -0.3 is 4.90 Å². The number of hydrogen-bond acceptors (Lipinski definition) is 1. The van der Waals surface area contributed by atoms with Crippen molar-refractivity contribution in [1.82, 2.24) is 4.90 Å². The van der Waals surface area contributed by atoms with Crippen LogP contribution in [0.3, 0.4) is 0 Å². The van der Waals surface area contributed by atoms with Crippen LogP contribution in [0.5, 0.6) is 0 Å². The van der Waals surface area contributed by atoms with Gasteiger partial charge in [0.15, 0.2) is 0 Å². The van der Waals surface area contributed by atoms with E-state index in [0.29, 0.717) is 5.41 Å². The number of alkyl halides is 1. The molecule has 0 atom stereocenters. The van der Waals surface area contributed by atoms with Crippen LogP contribution in [0.2, 0.25) is 0 Å². The molecule has 0 heterocycles. The standard InChI is InChI=1S/C16H30BrN/c1-2-18(15-9-5-6-10-15)14-16(13-17)11-7-3-4-8-12-16/h15H,2-14H2,1H3. The summed E-state index contributed by atoms with van der Waals surface area (Å²) in [5.74, 6) is 0. The quantitative estimate of drug-likeness (QED) is 0.510. The number of nitrogens with zero attached hydrogens (tertiary/aromatic N) is 1. The van der Waals surface area contributed by atoms with Crippen LogP contribution in [0.15, 0.2) is 0 Å². The highest BCUT2D eigenvalue weighted by Crippen LogP contribution is 2.38. The molecule has 0 aromatic carbocycles. The molecule has 0 aromatic heterocycles. The topological polar surface area (TPSA) is 3.24 Å². The van der Waals surface area contributed by atoms with Crippen molar-refractivity contribution in [2.24, 2.45) is 5.41 Å². The molecule has 18 heavy (non-hydrogen) atoms. The first-order chi connectivity index (χ1) is 8.79. The molecule has 2 aliphatic rings. The zero-order valence-corrected chi connectivity index (χ0v) is 13.7. The lowest BCUT2D eigenvalue weighted by molar-refractivity contribution is 0.117. The summed E-state index contributed by atoms with van der Waals surface area (Å²) < 4.78 is 0. The molecule has 0 amide bonds. The maximum absolute atomic E-state index is 3.84. The summed E-state index contributed by atoms with van der Waals surface area (Å²) in [6.45, 7) is 4.95. The highest BCUT2D eigenvalue weighted by Gasteiger charge is 2.34. The number of halogens is 1. The first kappa shape index (κ1) is 14.8. The Morgan fingerprint density at radius 1 is 1.00 bits per heavy atom. The zero-order valence-electron chi connectivity index (χ0n) is 12.1. The van der Waals surface area contributed by atoms with Crippen molar-refractivity contribution in [3.63, 3.8) is 0 Å². The van der Waals surface area contributed by atoms with Crippen molar-refractivity contribution in [2.45, 2.75) is 77.2 Å². The van der Waals surface area contributed by atoms with Gasteiger partial charge in [0, 0.05) is 17.9 Å². The third kappa shape index (κ3) is 3.72. The molecular weight excluding hydrogens is 286 g/mol. The molecule has 0 radical (unpaired) electrons. The SMILES string of the molecule is CCN(CC1(CBr)CCCCCC1)C1CCCC1. The lowest BCUT2D eigenvalue weighted by Gasteiger charge is -2.39. The Hall–Kier alpha value is 0.440. The van der Waals surface area contributed by atoms with Crippen molar-refractivity contribution in [2.75, 3.05) is 18.4 Å². The Labute approximate surface area is 122 Å². The van der Waals surface area contributed by atoms with E-state index in [-0.39, 0.29) is 0 Å². The van der Waals surface area contributed by atoms with Crippen LogP contribution in [-0.2, 0) is 0 Å². The van der Waals surface area contributed by atoms with Gasteiger partial charge in [0.25, 0.3) is 0 Å². The molecular formula is C16H30BrN. The van der Waals surface area contributed by atoms with Gasteiger partial charge in [-0.25, -0.2) is 0 Å². The smallest absolute Gasteiger partial charge is 0.0100 e. The third-order valence-electron chi connectivity index (χ3n) is 5.23. The fraction of sp³-hybridized carbons (Fsp3) is 1.00. The van der Waals surface area contributed by atoms with Gasteiger partial charge in [-0.1, -0.05) is 61.4 Å². The molecule has 0 spiro atoms. The minimum Gasteiger partial charge on any atom is -0.300 e. The molecule has 0 unspecified atom stereocenters. The summed E-state index contributed by atoms with van der Waals surface area (Å²) in [5, 5.41) is 1.21. The summed E-state index contributed by atoms with van der Waals surface area (Å²) in [4.78, 5) is 2.81.